The van der Waals surface area contributed by atoms with Crippen LogP contribution in [0.3, 0.4) is 0 Å². The van der Waals surface area contributed by atoms with E-state index in [-0.39, 0.29) is 0 Å². The molecule has 3 aromatic rings. The van der Waals surface area contributed by atoms with Crippen LogP contribution in [0.1, 0.15) is 24.2 Å². The van der Waals surface area contributed by atoms with Crippen molar-refractivity contribution in [2.75, 3.05) is 20.3 Å². The molecule has 0 bridgehead atoms. The van der Waals surface area contributed by atoms with E-state index < -0.39 is 5.97 Å². The summed E-state index contributed by atoms with van der Waals surface area (Å²) in [6.07, 6.45) is 1.57. The standard InChI is InChI=1S/C20H20N2O4S/c1-4-25-17-7-6-13(11-18(17)26-5-2)19-22-16(12-27-19)15-10-14(8-9-21-15)20(23)24-3/h6-12H,4-5H2,1-3H3. The fraction of sp³-hybridized carbons (Fsp3) is 0.250. The molecule has 0 saturated carbocycles. The van der Waals surface area contributed by atoms with Crippen LogP contribution in [-0.2, 0) is 4.74 Å². The minimum Gasteiger partial charge on any atom is -0.490 e. The van der Waals surface area contributed by atoms with Crippen LogP contribution in [0.4, 0.5) is 0 Å². The zero-order valence-electron chi connectivity index (χ0n) is 15.4. The third-order valence-corrected chi connectivity index (χ3v) is 4.63. The van der Waals surface area contributed by atoms with Crippen LogP contribution >= 0.6 is 11.3 Å². The number of pyridine rings is 1. The molecular weight excluding hydrogens is 364 g/mol. The van der Waals surface area contributed by atoms with Crippen LogP contribution in [0.25, 0.3) is 22.0 Å². The Labute approximate surface area is 161 Å². The lowest BCUT2D eigenvalue weighted by molar-refractivity contribution is 0.0600. The Kier molecular flexibility index (Phi) is 6.03. The molecule has 1 aromatic carbocycles. The Morgan fingerprint density at radius 1 is 1.04 bits per heavy atom. The van der Waals surface area contributed by atoms with Crippen LogP contribution in [-0.4, -0.2) is 36.3 Å². The molecule has 2 heterocycles. The average molecular weight is 384 g/mol. The van der Waals surface area contributed by atoms with Gasteiger partial charge in [0.05, 0.1) is 31.6 Å². The van der Waals surface area contributed by atoms with E-state index in [1.807, 2.05) is 37.4 Å². The number of benzene rings is 1. The molecule has 0 atom stereocenters. The van der Waals surface area contributed by atoms with Gasteiger partial charge in [0.1, 0.15) is 10.7 Å². The second-order valence-electron chi connectivity index (χ2n) is 5.49. The molecule has 2 aromatic heterocycles. The fourth-order valence-electron chi connectivity index (χ4n) is 2.52. The van der Waals surface area contributed by atoms with Crippen LogP contribution < -0.4 is 9.47 Å². The van der Waals surface area contributed by atoms with Gasteiger partial charge in [0.15, 0.2) is 11.5 Å². The predicted molar refractivity (Wildman–Crippen MR) is 104 cm³/mol. The van der Waals surface area contributed by atoms with Gasteiger partial charge < -0.3 is 14.2 Å². The maximum Gasteiger partial charge on any atom is 0.337 e. The van der Waals surface area contributed by atoms with E-state index in [0.717, 1.165) is 10.6 Å². The number of carbonyl (C=O) groups excluding carboxylic acids is 1. The molecule has 0 amide bonds. The van der Waals surface area contributed by atoms with Gasteiger partial charge in [-0.2, -0.15) is 0 Å². The molecule has 140 valence electrons. The van der Waals surface area contributed by atoms with Gasteiger partial charge in [0.25, 0.3) is 0 Å². The van der Waals surface area contributed by atoms with E-state index in [4.69, 9.17) is 14.2 Å². The number of ether oxygens (including phenoxy) is 3. The molecule has 3 rings (SSSR count). The van der Waals surface area contributed by atoms with Gasteiger partial charge >= 0.3 is 5.97 Å². The first-order chi connectivity index (χ1) is 13.2. The molecule has 0 radical (unpaired) electrons. The third-order valence-electron chi connectivity index (χ3n) is 3.74. The minimum absolute atomic E-state index is 0.401. The summed E-state index contributed by atoms with van der Waals surface area (Å²) < 4.78 is 16.0. The third kappa shape index (κ3) is 4.25. The van der Waals surface area contributed by atoms with Crippen LogP contribution in [0.2, 0.25) is 0 Å². The number of rotatable bonds is 7. The molecule has 0 spiro atoms. The smallest absolute Gasteiger partial charge is 0.337 e. The summed E-state index contributed by atoms with van der Waals surface area (Å²) in [7, 11) is 1.35. The quantitative estimate of drug-likeness (QED) is 0.560. The van der Waals surface area contributed by atoms with Crippen LogP contribution in [0.15, 0.2) is 41.9 Å². The Morgan fingerprint density at radius 3 is 2.56 bits per heavy atom. The normalized spacial score (nSPS) is 10.5. The second kappa shape index (κ2) is 8.64. The van der Waals surface area contributed by atoms with Crippen molar-refractivity contribution < 1.29 is 19.0 Å². The van der Waals surface area contributed by atoms with Crippen molar-refractivity contribution in [3.05, 3.63) is 47.5 Å². The molecule has 0 fully saturated rings. The fourth-order valence-corrected chi connectivity index (χ4v) is 3.33. The maximum atomic E-state index is 11.7. The van der Waals surface area contributed by atoms with Gasteiger partial charge in [-0.3, -0.25) is 4.98 Å². The zero-order valence-corrected chi connectivity index (χ0v) is 16.2. The highest BCUT2D eigenvalue weighted by molar-refractivity contribution is 7.13. The van der Waals surface area contributed by atoms with Crippen LogP contribution in [0, 0.1) is 0 Å². The Morgan fingerprint density at radius 2 is 1.81 bits per heavy atom. The first-order valence-corrected chi connectivity index (χ1v) is 9.44. The van der Waals surface area contributed by atoms with E-state index in [1.165, 1.54) is 18.4 Å². The molecule has 27 heavy (non-hydrogen) atoms. The maximum absolute atomic E-state index is 11.7. The van der Waals surface area contributed by atoms with Crippen molar-refractivity contribution in [3.63, 3.8) is 0 Å². The summed E-state index contributed by atoms with van der Waals surface area (Å²) in [5.41, 5.74) is 2.70. The largest absolute Gasteiger partial charge is 0.490 e. The number of thiazole rings is 1. The average Bonchev–Trinajstić information content (AvgIpc) is 3.19. The van der Waals surface area contributed by atoms with Crippen molar-refractivity contribution in [3.8, 4) is 33.5 Å². The SMILES string of the molecule is CCOc1ccc(-c2nc(-c3cc(C(=O)OC)ccn3)cs2)cc1OCC. The van der Waals surface area contributed by atoms with E-state index in [1.54, 1.807) is 18.3 Å². The van der Waals surface area contributed by atoms with Crippen molar-refractivity contribution in [1.82, 2.24) is 9.97 Å². The highest BCUT2D eigenvalue weighted by Crippen LogP contribution is 2.35. The van der Waals surface area contributed by atoms with Gasteiger partial charge in [-0.05, 0) is 44.2 Å². The highest BCUT2D eigenvalue weighted by atomic mass is 32.1. The highest BCUT2D eigenvalue weighted by Gasteiger charge is 2.13. The molecule has 0 saturated heterocycles. The number of hydrogen-bond acceptors (Lipinski definition) is 7. The summed E-state index contributed by atoms with van der Waals surface area (Å²) >= 11 is 1.50. The van der Waals surface area contributed by atoms with Gasteiger partial charge in [0.2, 0.25) is 0 Å². The first-order valence-electron chi connectivity index (χ1n) is 8.56. The monoisotopic (exact) mass is 384 g/mol. The second-order valence-corrected chi connectivity index (χ2v) is 6.34. The molecule has 0 unspecified atom stereocenters. The van der Waals surface area contributed by atoms with E-state index in [0.29, 0.717) is 41.7 Å². The van der Waals surface area contributed by atoms with E-state index in [2.05, 4.69) is 9.97 Å². The summed E-state index contributed by atoms with van der Waals surface area (Å²) in [5.74, 6) is 1.01. The zero-order chi connectivity index (χ0) is 19.2. The molecule has 0 aliphatic heterocycles. The topological polar surface area (TPSA) is 70.5 Å². The molecule has 0 N–H and O–H groups in total. The van der Waals surface area contributed by atoms with Gasteiger partial charge in [0, 0.05) is 17.1 Å². The molecular formula is C20H20N2O4S. The lowest BCUT2D eigenvalue weighted by Crippen LogP contribution is -2.01. The number of carbonyl (C=O) groups is 1. The Hall–Kier alpha value is -2.93. The molecule has 0 aliphatic carbocycles. The van der Waals surface area contributed by atoms with Gasteiger partial charge in [-0.1, -0.05) is 0 Å². The van der Waals surface area contributed by atoms with Crippen molar-refractivity contribution in [2.45, 2.75) is 13.8 Å². The lowest BCUT2D eigenvalue weighted by Gasteiger charge is -2.11. The van der Waals surface area contributed by atoms with Crippen molar-refractivity contribution in [1.29, 1.82) is 0 Å². The number of aromatic nitrogens is 2. The Balaban J connectivity index is 1.92. The first kappa shape index (κ1) is 18.8. The Bertz CT molecular complexity index is 939. The summed E-state index contributed by atoms with van der Waals surface area (Å²) in [6.45, 7) is 5.00. The summed E-state index contributed by atoms with van der Waals surface area (Å²) in [6, 6.07) is 9.06. The minimum atomic E-state index is -0.401. The van der Waals surface area contributed by atoms with E-state index in [9.17, 15) is 4.79 Å². The van der Waals surface area contributed by atoms with E-state index >= 15 is 0 Å². The van der Waals surface area contributed by atoms with Crippen molar-refractivity contribution >= 4 is 17.3 Å². The lowest BCUT2D eigenvalue weighted by atomic mass is 10.2. The number of esters is 1. The molecule has 7 heteroatoms. The van der Waals surface area contributed by atoms with Gasteiger partial charge in [-0.15, -0.1) is 11.3 Å². The van der Waals surface area contributed by atoms with Gasteiger partial charge in [-0.25, -0.2) is 9.78 Å². The van der Waals surface area contributed by atoms with Crippen LogP contribution in [0.5, 0.6) is 11.5 Å². The number of nitrogens with zero attached hydrogens (tertiary/aromatic N) is 2. The van der Waals surface area contributed by atoms with Crippen molar-refractivity contribution in [2.24, 2.45) is 0 Å². The summed E-state index contributed by atoms with van der Waals surface area (Å²) in [4.78, 5) is 20.7. The predicted octanol–water partition coefficient (Wildman–Crippen LogP) is 4.46. The number of hydrogen-bond donors (Lipinski definition) is 0. The molecule has 6 nitrogen and oxygen atoms in total. The number of methoxy groups -OCH3 is 1. The molecule has 0 aliphatic rings. The summed E-state index contributed by atoms with van der Waals surface area (Å²) in [5, 5.41) is 2.74.